The first-order valence-corrected chi connectivity index (χ1v) is 4.80. The van der Waals surface area contributed by atoms with Crippen molar-refractivity contribution in [3.63, 3.8) is 0 Å². The molecule has 15 heavy (non-hydrogen) atoms. The Morgan fingerprint density at radius 1 is 1.60 bits per heavy atom. The van der Waals surface area contributed by atoms with Gasteiger partial charge >= 0.3 is 6.09 Å². The van der Waals surface area contributed by atoms with E-state index >= 15 is 0 Å². The molecular weight excluding hydrogens is 196 g/mol. The molecule has 0 saturated heterocycles. The number of nitrogens with zero attached hydrogens (tertiary/aromatic N) is 2. The van der Waals surface area contributed by atoms with Gasteiger partial charge in [0.1, 0.15) is 5.60 Å². The fraction of sp³-hybridized carbons (Fsp3) is 0.600. The van der Waals surface area contributed by atoms with Crippen molar-refractivity contribution in [3.05, 3.63) is 18.0 Å². The first-order chi connectivity index (χ1) is 6.92. The van der Waals surface area contributed by atoms with Crippen LogP contribution in [0.1, 0.15) is 26.3 Å². The molecule has 1 aromatic rings. The molecule has 0 atom stereocenters. The van der Waals surface area contributed by atoms with Crippen LogP contribution in [0.3, 0.4) is 0 Å². The van der Waals surface area contributed by atoms with Gasteiger partial charge in [-0.3, -0.25) is 0 Å². The Morgan fingerprint density at radius 2 is 2.27 bits per heavy atom. The summed E-state index contributed by atoms with van der Waals surface area (Å²) in [6.45, 7) is 5.43. The highest BCUT2D eigenvalue weighted by Crippen LogP contribution is 2.09. The number of hydrogen-bond donors (Lipinski definition) is 1. The fourth-order valence-electron chi connectivity index (χ4n) is 1.03. The Hall–Kier alpha value is -1.36. The molecule has 0 aliphatic carbocycles. The molecule has 0 amide bonds. The summed E-state index contributed by atoms with van der Waals surface area (Å²) in [5.74, 6) is 0. The minimum Gasteiger partial charge on any atom is -0.442 e. The lowest BCUT2D eigenvalue weighted by Gasteiger charge is -2.18. The minimum atomic E-state index is -0.528. The number of aliphatic hydroxyl groups excluding tert-OH is 1. The number of carbonyl (C=O) groups excluding carboxylic acids is 1. The smallest absolute Gasteiger partial charge is 0.435 e. The third-order valence-electron chi connectivity index (χ3n) is 1.62. The highest BCUT2D eigenvalue weighted by atomic mass is 16.6. The molecule has 0 unspecified atom stereocenters. The Labute approximate surface area is 88.7 Å². The predicted octanol–water partition coefficient (Wildman–Crippen LogP) is 1.20. The lowest BCUT2D eigenvalue weighted by molar-refractivity contribution is 0.0514. The van der Waals surface area contributed by atoms with Crippen LogP contribution in [-0.2, 0) is 11.2 Å². The van der Waals surface area contributed by atoms with E-state index in [0.717, 1.165) is 10.2 Å². The number of carbonyl (C=O) groups is 1. The van der Waals surface area contributed by atoms with Crippen LogP contribution in [0.4, 0.5) is 4.79 Å². The van der Waals surface area contributed by atoms with E-state index in [4.69, 9.17) is 9.84 Å². The molecule has 0 fully saturated rings. The Balaban J connectivity index is 2.66. The van der Waals surface area contributed by atoms with Crippen molar-refractivity contribution < 1.29 is 14.6 Å². The summed E-state index contributed by atoms with van der Waals surface area (Å²) >= 11 is 0. The van der Waals surface area contributed by atoms with Gasteiger partial charge in [-0.05, 0) is 32.8 Å². The summed E-state index contributed by atoms with van der Waals surface area (Å²) in [5, 5.41) is 12.6. The van der Waals surface area contributed by atoms with Crippen molar-refractivity contribution in [3.8, 4) is 0 Å². The van der Waals surface area contributed by atoms with Crippen LogP contribution >= 0.6 is 0 Å². The van der Waals surface area contributed by atoms with Gasteiger partial charge in [0, 0.05) is 12.8 Å². The second-order valence-electron chi connectivity index (χ2n) is 4.25. The molecule has 0 aliphatic heterocycles. The first-order valence-electron chi connectivity index (χ1n) is 4.80. The maximum absolute atomic E-state index is 11.5. The number of ether oxygens (including phenoxy) is 1. The first kappa shape index (κ1) is 11.7. The highest BCUT2D eigenvalue weighted by Gasteiger charge is 2.18. The SMILES string of the molecule is CC(C)(C)OC(=O)n1cc(CCO)cn1. The highest BCUT2D eigenvalue weighted by molar-refractivity contribution is 5.69. The maximum Gasteiger partial charge on any atom is 0.435 e. The predicted molar refractivity (Wildman–Crippen MR) is 54.6 cm³/mol. The van der Waals surface area contributed by atoms with Crippen molar-refractivity contribution in [1.29, 1.82) is 0 Å². The maximum atomic E-state index is 11.5. The van der Waals surface area contributed by atoms with Crippen molar-refractivity contribution >= 4 is 6.09 Å². The molecule has 5 heteroatoms. The van der Waals surface area contributed by atoms with Gasteiger partial charge in [-0.25, -0.2) is 4.79 Å². The summed E-state index contributed by atoms with van der Waals surface area (Å²) in [4.78, 5) is 11.5. The molecule has 0 saturated carbocycles. The van der Waals surface area contributed by atoms with Crippen LogP contribution < -0.4 is 0 Å². The monoisotopic (exact) mass is 212 g/mol. The van der Waals surface area contributed by atoms with E-state index in [2.05, 4.69) is 5.10 Å². The van der Waals surface area contributed by atoms with Crippen molar-refractivity contribution in [2.75, 3.05) is 6.61 Å². The van der Waals surface area contributed by atoms with Gasteiger partial charge in [0.05, 0.1) is 6.20 Å². The van der Waals surface area contributed by atoms with Gasteiger partial charge in [-0.1, -0.05) is 0 Å². The second kappa shape index (κ2) is 4.44. The van der Waals surface area contributed by atoms with Crippen molar-refractivity contribution in [1.82, 2.24) is 9.78 Å². The normalized spacial score (nSPS) is 11.5. The Kier molecular flexibility index (Phi) is 3.47. The van der Waals surface area contributed by atoms with Gasteiger partial charge in [0.25, 0.3) is 0 Å². The zero-order valence-electron chi connectivity index (χ0n) is 9.23. The topological polar surface area (TPSA) is 64.3 Å². The third-order valence-corrected chi connectivity index (χ3v) is 1.62. The van der Waals surface area contributed by atoms with Crippen LogP contribution in [0.2, 0.25) is 0 Å². The molecule has 1 heterocycles. The molecule has 1 N–H and O–H groups in total. The van der Waals surface area contributed by atoms with Crippen LogP contribution in [-0.4, -0.2) is 33.2 Å². The zero-order valence-corrected chi connectivity index (χ0v) is 9.23. The summed E-state index contributed by atoms with van der Waals surface area (Å²) in [6.07, 6.45) is 3.08. The standard InChI is InChI=1S/C10H16N2O3/c1-10(2,3)15-9(14)12-7-8(4-5-13)6-11-12/h6-7,13H,4-5H2,1-3H3. The lowest BCUT2D eigenvalue weighted by atomic mass is 10.2. The molecular formula is C10H16N2O3. The molecule has 1 rings (SSSR count). The minimum absolute atomic E-state index is 0.0417. The quantitative estimate of drug-likeness (QED) is 0.800. The largest absolute Gasteiger partial charge is 0.442 e. The Morgan fingerprint density at radius 3 is 2.80 bits per heavy atom. The molecule has 5 nitrogen and oxygen atoms in total. The van der Waals surface area contributed by atoms with E-state index in [-0.39, 0.29) is 6.61 Å². The molecule has 1 aromatic heterocycles. The van der Waals surface area contributed by atoms with Crippen molar-refractivity contribution in [2.24, 2.45) is 0 Å². The molecule has 0 spiro atoms. The van der Waals surface area contributed by atoms with E-state index in [9.17, 15) is 4.79 Å². The third kappa shape index (κ3) is 3.71. The summed E-state index contributed by atoms with van der Waals surface area (Å²) < 4.78 is 6.25. The van der Waals surface area contributed by atoms with Gasteiger partial charge in [-0.15, -0.1) is 0 Å². The second-order valence-corrected chi connectivity index (χ2v) is 4.25. The van der Waals surface area contributed by atoms with Crippen LogP contribution in [0.25, 0.3) is 0 Å². The average molecular weight is 212 g/mol. The average Bonchev–Trinajstić information content (AvgIpc) is 2.50. The van der Waals surface area contributed by atoms with E-state index in [1.807, 2.05) is 0 Å². The lowest BCUT2D eigenvalue weighted by Crippen LogP contribution is -2.27. The van der Waals surface area contributed by atoms with Crippen molar-refractivity contribution in [2.45, 2.75) is 32.8 Å². The molecule has 84 valence electrons. The number of aliphatic hydroxyl groups is 1. The van der Waals surface area contributed by atoms with Gasteiger partial charge in [-0.2, -0.15) is 9.78 Å². The number of hydrogen-bond acceptors (Lipinski definition) is 4. The Bertz CT molecular complexity index is 339. The van der Waals surface area contributed by atoms with E-state index in [1.165, 1.54) is 0 Å². The molecule has 0 aromatic carbocycles. The summed E-state index contributed by atoms with van der Waals surface area (Å²) in [7, 11) is 0. The van der Waals surface area contributed by atoms with E-state index < -0.39 is 11.7 Å². The molecule has 0 bridgehead atoms. The van der Waals surface area contributed by atoms with Crippen LogP contribution in [0, 0.1) is 0 Å². The number of rotatable bonds is 2. The van der Waals surface area contributed by atoms with Gasteiger partial charge in [0.2, 0.25) is 0 Å². The van der Waals surface area contributed by atoms with Crippen LogP contribution in [0.5, 0.6) is 0 Å². The zero-order chi connectivity index (χ0) is 11.5. The fourth-order valence-corrected chi connectivity index (χ4v) is 1.03. The van der Waals surface area contributed by atoms with Gasteiger partial charge < -0.3 is 9.84 Å². The summed E-state index contributed by atoms with van der Waals surface area (Å²) in [5.41, 5.74) is 0.281. The molecule has 0 radical (unpaired) electrons. The number of aromatic nitrogens is 2. The molecule has 0 aliphatic rings. The van der Waals surface area contributed by atoms with E-state index in [0.29, 0.717) is 6.42 Å². The summed E-state index contributed by atoms with van der Waals surface area (Å²) in [6, 6.07) is 0. The van der Waals surface area contributed by atoms with Crippen LogP contribution in [0.15, 0.2) is 12.4 Å². The van der Waals surface area contributed by atoms with Gasteiger partial charge in [0.15, 0.2) is 0 Å². The van der Waals surface area contributed by atoms with E-state index in [1.54, 1.807) is 33.2 Å².